The summed E-state index contributed by atoms with van der Waals surface area (Å²) in [5.41, 5.74) is 1.29. The lowest BCUT2D eigenvalue weighted by molar-refractivity contribution is -0.385. The van der Waals surface area contributed by atoms with Crippen LogP contribution in [0.4, 0.5) is 22.7 Å². The number of carbonyl (C=O) groups excluding carboxylic acids is 2. The van der Waals surface area contributed by atoms with Gasteiger partial charge in [-0.25, -0.2) is 0 Å². The number of nitrogens with one attached hydrogen (secondary N) is 2. The third-order valence-electron chi connectivity index (χ3n) is 4.70. The highest BCUT2D eigenvalue weighted by Crippen LogP contribution is 2.32. The summed E-state index contributed by atoms with van der Waals surface area (Å²) in [6, 6.07) is 13.5. The summed E-state index contributed by atoms with van der Waals surface area (Å²) >= 11 is 0. The Balaban J connectivity index is 1.81. The van der Waals surface area contributed by atoms with Crippen LogP contribution in [0.5, 0.6) is 5.75 Å². The molecular weight excluding hydrogens is 432 g/mol. The number of amides is 2. The minimum Gasteiger partial charge on any atom is -0.494 e. The molecule has 0 radical (unpaired) electrons. The Morgan fingerprint density at radius 3 is 2.00 bits per heavy atom. The number of carbonyl (C=O) groups is 2. The lowest BCUT2D eigenvalue weighted by Crippen LogP contribution is -2.15. The number of nitro groups is 2. The van der Waals surface area contributed by atoms with E-state index in [4.69, 9.17) is 4.74 Å². The Morgan fingerprint density at radius 1 is 0.788 bits per heavy atom. The first-order chi connectivity index (χ1) is 15.7. The van der Waals surface area contributed by atoms with E-state index >= 15 is 0 Å². The number of nitrogens with zero attached hydrogens (tertiary/aromatic N) is 2. The zero-order valence-corrected chi connectivity index (χ0v) is 17.5. The number of aryl methyl sites for hydroxylation is 1. The highest BCUT2D eigenvalue weighted by atomic mass is 16.6. The third kappa shape index (κ3) is 5.28. The van der Waals surface area contributed by atoms with Gasteiger partial charge in [-0.15, -0.1) is 0 Å². The molecule has 33 heavy (non-hydrogen) atoms. The minimum absolute atomic E-state index is 0.0967. The van der Waals surface area contributed by atoms with Crippen molar-refractivity contribution < 1.29 is 24.2 Å². The Hall–Kier alpha value is -4.80. The van der Waals surface area contributed by atoms with E-state index in [9.17, 15) is 29.8 Å². The minimum atomic E-state index is -0.593. The Labute approximate surface area is 187 Å². The molecule has 0 bridgehead atoms. The van der Waals surface area contributed by atoms with Crippen LogP contribution in [0.3, 0.4) is 0 Å². The summed E-state index contributed by atoms with van der Waals surface area (Å²) < 4.78 is 5.32. The van der Waals surface area contributed by atoms with Crippen LogP contribution in [-0.2, 0) is 0 Å². The number of ether oxygens (including phenoxy) is 1. The van der Waals surface area contributed by atoms with Crippen molar-refractivity contribution in [1.29, 1.82) is 0 Å². The molecule has 0 saturated carbocycles. The molecule has 3 aromatic rings. The van der Waals surface area contributed by atoms with Crippen LogP contribution >= 0.6 is 0 Å². The predicted molar refractivity (Wildman–Crippen MR) is 120 cm³/mol. The van der Waals surface area contributed by atoms with E-state index < -0.39 is 21.7 Å². The molecule has 0 atom stereocenters. The first-order valence-corrected chi connectivity index (χ1v) is 9.50. The molecule has 2 N–H and O–H groups in total. The maximum absolute atomic E-state index is 12.6. The molecule has 0 aliphatic carbocycles. The molecule has 0 spiro atoms. The van der Waals surface area contributed by atoms with Crippen LogP contribution in [0.25, 0.3) is 0 Å². The molecule has 0 fully saturated rings. The second-order valence-corrected chi connectivity index (χ2v) is 6.89. The fourth-order valence-corrected chi connectivity index (χ4v) is 2.97. The van der Waals surface area contributed by atoms with E-state index in [-0.39, 0.29) is 28.3 Å². The monoisotopic (exact) mass is 450 g/mol. The number of anilines is 2. The SMILES string of the molecule is COc1cc(NC(=O)c2ccc([N+](=O)[O-])cc2)c(C)cc1NC(=O)c1cccc([N+](=O)[O-])c1. The molecule has 2 amide bonds. The first kappa shape index (κ1) is 22.9. The first-order valence-electron chi connectivity index (χ1n) is 9.50. The summed E-state index contributed by atoms with van der Waals surface area (Å²) in [5, 5.41) is 27.1. The zero-order valence-electron chi connectivity index (χ0n) is 17.5. The smallest absolute Gasteiger partial charge is 0.270 e. The molecule has 11 nitrogen and oxygen atoms in total. The van der Waals surface area contributed by atoms with Gasteiger partial charge in [0.1, 0.15) is 5.75 Å². The molecule has 3 aromatic carbocycles. The average Bonchev–Trinajstić information content (AvgIpc) is 2.80. The molecule has 0 unspecified atom stereocenters. The number of nitro benzene ring substituents is 2. The largest absolute Gasteiger partial charge is 0.494 e. The van der Waals surface area contributed by atoms with Crippen molar-refractivity contribution in [2.24, 2.45) is 0 Å². The lowest BCUT2D eigenvalue weighted by Gasteiger charge is -2.15. The fourth-order valence-electron chi connectivity index (χ4n) is 2.97. The summed E-state index contributed by atoms with van der Waals surface area (Å²) in [7, 11) is 1.38. The van der Waals surface area contributed by atoms with Crippen molar-refractivity contribution in [3.05, 3.63) is 97.6 Å². The van der Waals surface area contributed by atoms with Crippen LogP contribution in [0.2, 0.25) is 0 Å². The Morgan fingerprint density at radius 2 is 1.39 bits per heavy atom. The molecule has 0 aromatic heterocycles. The fraction of sp³-hybridized carbons (Fsp3) is 0.0909. The Kier molecular flexibility index (Phi) is 6.63. The van der Waals surface area contributed by atoms with Crippen LogP contribution in [-0.4, -0.2) is 28.8 Å². The maximum Gasteiger partial charge on any atom is 0.270 e. The van der Waals surface area contributed by atoms with Crippen molar-refractivity contribution in [2.75, 3.05) is 17.7 Å². The van der Waals surface area contributed by atoms with E-state index in [2.05, 4.69) is 10.6 Å². The van der Waals surface area contributed by atoms with Gasteiger partial charge in [-0.2, -0.15) is 0 Å². The second kappa shape index (κ2) is 9.56. The summed E-state index contributed by atoms with van der Waals surface area (Å²) in [4.78, 5) is 45.7. The highest BCUT2D eigenvalue weighted by molar-refractivity contribution is 6.07. The number of hydrogen-bond donors (Lipinski definition) is 2. The topological polar surface area (TPSA) is 154 Å². The molecule has 0 saturated heterocycles. The quantitative estimate of drug-likeness (QED) is 0.401. The van der Waals surface area contributed by atoms with Gasteiger partial charge >= 0.3 is 0 Å². The molecule has 11 heteroatoms. The van der Waals surface area contributed by atoms with Gasteiger partial charge in [-0.3, -0.25) is 29.8 Å². The molecule has 3 rings (SSSR count). The molecule has 0 aliphatic rings. The third-order valence-corrected chi connectivity index (χ3v) is 4.70. The zero-order chi connectivity index (χ0) is 24.1. The Bertz CT molecular complexity index is 1260. The van der Waals surface area contributed by atoms with Crippen LogP contribution in [0, 0.1) is 27.2 Å². The number of non-ortho nitro benzene ring substituents is 2. The van der Waals surface area contributed by atoms with Gasteiger partial charge in [0, 0.05) is 47.1 Å². The van der Waals surface area contributed by atoms with Gasteiger partial charge < -0.3 is 15.4 Å². The van der Waals surface area contributed by atoms with Crippen LogP contribution in [0.1, 0.15) is 26.3 Å². The van der Waals surface area contributed by atoms with Gasteiger partial charge in [0.05, 0.1) is 22.6 Å². The van der Waals surface area contributed by atoms with E-state index in [0.717, 1.165) is 6.07 Å². The number of benzene rings is 3. The van der Waals surface area contributed by atoms with Crippen LogP contribution < -0.4 is 15.4 Å². The number of methoxy groups -OCH3 is 1. The highest BCUT2D eigenvalue weighted by Gasteiger charge is 2.17. The molecule has 0 aliphatic heterocycles. The van der Waals surface area contributed by atoms with Crippen molar-refractivity contribution in [3.63, 3.8) is 0 Å². The van der Waals surface area contributed by atoms with Crippen molar-refractivity contribution in [2.45, 2.75) is 6.92 Å². The van der Waals surface area contributed by atoms with Crippen LogP contribution in [0.15, 0.2) is 60.7 Å². The molecule has 168 valence electrons. The lowest BCUT2D eigenvalue weighted by atomic mass is 10.1. The molecular formula is C22H18N4O7. The van der Waals surface area contributed by atoms with Crippen molar-refractivity contribution in [3.8, 4) is 5.75 Å². The van der Waals surface area contributed by atoms with E-state index in [1.807, 2.05) is 0 Å². The number of rotatable bonds is 7. The summed E-state index contributed by atoms with van der Waals surface area (Å²) in [6.45, 7) is 1.70. The van der Waals surface area contributed by atoms with Gasteiger partial charge in [0.15, 0.2) is 0 Å². The normalized spacial score (nSPS) is 10.2. The van der Waals surface area contributed by atoms with Gasteiger partial charge in [0.25, 0.3) is 23.2 Å². The average molecular weight is 450 g/mol. The predicted octanol–water partition coefficient (Wildman–Crippen LogP) is 4.32. The van der Waals surface area contributed by atoms with E-state index in [0.29, 0.717) is 16.9 Å². The van der Waals surface area contributed by atoms with E-state index in [1.165, 1.54) is 55.6 Å². The van der Waals surface area contributed by atoms with Gasteiger partial charge in [0.2, 0.25) is 0 Å². The second-order valence-electron chi connectivity index (χ2n) is 6.89. The van der Waals surface area contributed by atoms with Crippen molar-refractivity contribution >= 4 is 34.6 Å². The van der Waals surface area contributed by atoms with Gasteiger partial charge in [-0.05, 0) is 36.8 Å². The maximum atomic E-state index is 12.6. The standard InChI is InChI=1S/C22H18N4O7/c1-13-10-19(24-22(28)15-4-3-5-17(11-15)26(31)32)20(33-2)12-18(13)23-21(27)14-6-8-16(9-7-14)25(29)30/h3-12H,1-2H3,(H,23,27)(H,24,28). The summed E-state index contributed by atoms with van der Waals surface area (Å²) in [6.07, 6.45) is 0. The summed E-state index contributed by atoms with van der Waals surface area (Å²) in [5.74, 6) is -0.805. The van der Waals surface area contributed by atoms with Crippen molar-refractivity contribution in [1.82, 2.24) is 0 Å². The van der Waals surface area contributed by atoms with E-state index in [1.54, 1.807) is 13.0 Å². The number of hydrogen-bond acceptors (Lipinski definition) is 7. The van der Waals surface area contributed by atoms with Gasteiger partial charge in [-0.1, -0.05) is 6.07 Å². The molecule has 0 heterocycles.